The van der Waals surface area contributed by atoms with Crippen LogP contribution in [0.15, 0.2) is 30.3 Å². The molecule has 0 saturated heterocycles. The molecule has 0 bridgehead atoms. The van der Waals surface area contributed by atoms with Gasteiger partial charge in [-0.05, 0) is 36.5 Å². The highest BCUT2D eigenvalue weighted by molar-refractivity contribution is 6.04. The highest BCUT2D eigenvalue weighted by Gasteiger charge is 2.15. The maximum atomic E-state index is 14.0. The zero-order valence-corrected chi connectivity index (χ0v) is 14.6. The summed E-state index contributed by atoms with van der Waals surface area (Å²) < 4.78 is 32.6. The van der Waals surface area contributed by atoms with Gasteiger partial charge in [-0.2, -0.15) is 0 Å². The number of nitrogens with zero attached hydrogens (tertiary/aromatic N) is 2. The van der Waals surface area contributed by atoms with Gasteiger partial charge >= 0.3 is 0 Å². The SMILES string of the molecule is COc1cc(F)c(CCCc2cccc3c(N)c(C(N)=O)nnc23)cc1F. The maximum Gasteiger partial charge on any atom is 0.271 e. The summed E-state index contributed by atoms with van der Waals surface area (Å²) >= 11 is 0. The number of carbonyl (C=O) groups is 1. The number of halogens is 2. The molecule has 1 amide bonds. The van der Waals surface area contributed by atoms with Crippen molar-refractivity contribution in [3.8, 4) is 5.75 Å². The number of nitrogen functional groups attached to an aromatic ring is 1. The molecule has 0 aliphatic carbocycles. The molecular weight excluding hydrogens is 354 g/mol. The van der Waals surface area contributed by atoms with Gasteiger partial charge in [0.05, 0.1) is 18.3 Å². The normalized spacial score (nSPS) is 10.9. The molecule has 1 aromatic heterocycles. The van der Waals surface area contributed by atoms with E-state index in [9.17, 15) is 13.6 Å². The van der Waals surface area contributed by atoms with E-state index in [4.69, 9.17) is 16.2 Å². The largest absolute Gasteiger partial charge is 0.494 e. The van der Waals surface area contributed by atoms with Crippen LogP contribution < -0.4 is 16.2 Å². The molecule has 2 aromatic carbocycles. The van der Waals surface area contributed by atoms with Crippen LogP contribution in [0.5, 0.6) is 5.75 Å². The van der Waals surface area contributed by atoms with Crippen LogP contribution in [0.25, 0.3) is 10.9 Å². The Labute approximate surface area is 154 Å². The van der Waals surface area contributed by atoms with Gasteiger partial charge in [0.2, 0.25) is 0 Å². The lowest BCUT2D eigenvalue weighted by Gasteiger charge is -2.10. The summed E-state index contributed by atoms with van der Waals surface area (Å²) in [7, 11) is 1.29. The summed E-state index contributed by atoms with van der Waals surface area (Å²) in [6, 6.07) is 7.56. The number of hydrogen-bond donors (Lipinski definition) is 2. The molecule has 3 rings (SSSR count). The second kappa shape index (κ2) is 7.53. The van der Waals surface area contributed by atoms with Crippen LogP contribution in [-0.4, -0.2) is 23.2 Å². The number of aromatic nitrogens is 2. The quantitative estimate of drug-likeness (QED) is 0.692. The van der Waals surface area contributed by atoms with E-state index in [2.05, 4.69) is 10.2 Å². The lowest BCUT2D eigenvalue weighted by molar-refractivity contribution is 0.0995. The van der Waals surface area contributed by atoms with Crippen LogP contribution >= 0.6 is 0 Å². The van der Waals surface area contributed by atoms with E-state index < -0.39 is 17.5 Å². The number of hydrogen-bond acceptors (Lipinski definition) is 5. The molecule has 0 spiro atoms. The Morgan fingerprint density at radius 3 is 2.56 bits per heavy atom. The number of methoxy groups -OCH3 is 1. The Balaban J connectivity index is 1.81. The van der Waals surface area contributed by atoms with E-state index in [0.717, 1.165) is 17.7 Å². The summed E-state index contributed by atoms with van der Waals surface area (Å²) in [5.74, 6) is -1.98. The minimum absolute atomic E-state index is 0.0737. The zero-order valence-electron chi connectivity index (χ0n) is 14.6. The smallest absolute Gasteiger partial charge is 0.271 e. The molecule has 27 heavy (non-hydrogen) atoms. The zero-order chi connectivity index (χ0) is 19.6. The first-order valence-corrected chi connectivity index (χ1v) is 8.27. The van der Waals surface area contributed by atoms with Gasteiger partial charge in [-0.1, -0.05) is 18.2 Å². The molecule has 8 heteroatoms. The number of carbonyl (C=O) groups excluding carboxylic acids is 1. The van der Waals surface area contributed by atoms with Crippen molar-refractivity contribution in [2.75, 3.05) is 12.8 Å². The Morgan fingerprint density at radius 1 is 1.11 bits per heavy atom. The highest BCUT2D eigenvalue weighted by Crippen LogP contribution is 2.26. The van der Waals surface area contributed by atoms with Crippen molar-refractivity contribution < 1.29 is 18.3 Å². The molecule has 0 aliphatic heterocycles. The van der Waals surface area contributed by atoms with Crippen molar-refractivity contribution in [2.45, 2.75) is 19.3 Å². The molecule has 3 aromatic rings. The van der Waals surface area contributed by atoms with Crippen LogP contribution in [0.4, 0.5) is 14.5 Å². The van der Waals surface area contributed by atoms with E-state index in [0.29, 0.717) is 30.2 Å². The summed E-state index contributed by atoms with van der Waals surface area (Å²) in [6.07, 6.45) is 1.45. The summed E-state index contributed by atoms with van der Waals surface area (Å²) in [4.78, 5) is 11.3. The van der Waals surface area contributed by atoms with Gasteiger partial charge in [0, 0.05) is 11.5 Å². The number of rotatable bonds is 6. The number of ether oxygens (including phenoxy) is 1. The number of aryl methyl sites for hydroxylation is 2. The number of fused-ring (bicyclic) bond motifs is 1. The molecule has 140 valence electrons. The first kappa shape index (κ1) is 18.5. The lowest BCUT2D eigenvalue weighted by atomic mass is 10.0. The minimum Gasteiger partial charge on any atom is -0.494 e. The Morgan fingerprint density at radius 2 is 1.85 bits per heavy atom. The number of amides is 1. The number of nitrogens with two attached hydrogens (primary N) is 2. The van der Waals surface area contributed by atoms with Crippen LogP contribution in [-0.2, 0) is 12.8 Å². The molecule has 0 atom stereocenters. The number of anilines is 1. The Bertz CT molecular complexity index is 1020. The minimum atomic E-state index is -0.746. The number of benzene rings is 2. The van der Waals surface area contributed by atoms with E-state index in [-0.39, 0.29) is 22.7 Å². The molecule has 0 saturated carbocycles. The molecule has 6 nitrogen and oxygen atoms in total. The topological polar surface area (TPSA) is 104 Å². The van der Waals surface area contributed by atoms with Crippen molar-refractivity contribution in [1.29, 1.82) is 0 Å². The second-order valence-electron chi connectivity index (χ2n) is 6.07. The average Bonchev–Trinajstić information content (AvgIpc) is 2.64. The Kier molecular flexibility index (Phi) is 5.16. The summed E-state index contributed by atoms with van der Waals surface area (Å²) in [5.41, 5.74) is 13.0. The number of primary amides is 1. The van der Waals surface area contributed by atoms with Crippen LogP contribution in [0.3, 0.4) is 0 Å². The van der Waals surface area contributed by atoms with Gasteiger partial charge in [0.25, 0.3) is 5.91 Å². The van der Waals surface area contributed by atoms with Gasteiger partial charge in [-0.15, -0.1) is 10.2 Å². The van der Waals surface area contributed by atoms with Gasteiger partial charge in [0.15, 0.2) is 17.3 Å². The van der Waals surface area contributed by atoms with Crippen LogP contribution in [0.2, 0.25) is 0 Å². The van der Waals surface area contributed by atoms with Crippen LogP contribution in [0, 0.1) is 11.6 Å². The van der Waals surface area contributed by atoms with Crippen molar-refractivity contribution >= 4 is 22.5 Å². The van der Waals surface area contributed by atoms with Gasteiger partial charge in [-0.25, -0.2) is 8.78 Å². The first-order valence-electron chi connectivity index (χ1n) is 8.27. The molecule has 0 unspecified atom stereocenters. The third-order valence-electron chi connectivity index (χ3n) is 4.36. The fraction of sp³-hybridized carbons (Fsp3) is 0.211. The predicted octanol–water partition coefficient (Wildman–Crippen LogP) is 2.77. The van der Waals surface area contributed by atoms with Gasteiger partial charge in [-0.3, -0.25) is 4.79 Å². The van der Waals surface area contributed by atoms with Crippen molar-refractivity contribution in [3.63, 3.8) is 0 Å². The average molecular weight is 372 g/mol. The van der Waals surface area contributed by atoms with E-state index in [1.54, 1.807) is 12.1 Å². The second-order valence-corrected chi connectivity index (χ2v) is 6.07. The van der Waals surface area contributed by atoms with E-state index in [1.165, 1.54) is 7.11 Å². The highest BCUT2D eigenvalue weighted by atomic mass is 19.1. The van der Waals surface area contributed by atoms with E-state index >= 15 is 0 Å². The van der Waals surface area contributed by atoms with Gasteiger partial charge < -0.3 is 16.2 Å². The first-order chi connectivity index (χ1) is 12.9. The van der Waals surface area contributed by atoms with Gasteiger partial charge in [0.1, 0.15) is 5.82 Å². The lowest BCUT2D eigenvalue weighted by Crippen LogP contribution is -2.17. The molecule has 0 fully saturated rings. The third-order valence-corrected chi connectivity index (χ3v) is 4.36. The monoisotopic (exact) mass is 372 g/mol. The van der Waals surface area contributed by atoms with Crippen molar-refractivity contribution in [2.24, 2.45) is 5.73 Å². The molecule has 1 heterocycles. The maximum absolute atomic E-state index is 14.0. The molecule has 0 radical (unpaired) electrons. The predicted molar refractivity (Wildman–Crippen MR) is 97.4 cm³/mol. The molecule has 0 aliphatic rings. The van der Waals surface area contributed by atoms with Crippen molar-refractivity contribution in [1.82, 2.24) is 10.2 Å². The van der Waals surface area contributed by atoms with Crippen LogP contribution in [0.1, 0.15) is 28.0 Å². The molecular formula is C19H18F2N4O2. The van der Waals surface area contributed by atoms with Crippen molar-refractivity contribution in [3.05, 3.63) is 58.8 Å². The summed E-state index contributed by atoms with van der Waals surface area (Å²) in [6.45, 7) is 0. The third kappa shape index (κ3) is 3.64. The summed E-state index contributed by atoms with van der Waals surface area (Å²) in [5, 5.41) is 8.45. The fourth-order valence-corrected chi connectivity index (χ4v) is 2.98. The Hall–Kier alpha value is -3.29. The standard InChI is InChI=1S/C19H18F2N4O2/c1-27-15-9-13(20)11(8-14(15)21)6-2-4-10-5-3-7-12-16(22)18(19(23)26)25-24-17(10)12/h3,5,7-9H,2,4,6H2,1H3,(H2,22,24)(H2,23,26). The molecule has 4 N–H and O–H groups in total. The fourth-order valence-electron chi connectivity index (χ4n) is 2.98. The van der Waals surface area contributed by atoms with E-state index in [1.807, 2.05) is 6.07 Å².